The highest BCUT2D eigenvalue weighted by Gasteiger charge is 2.17. The number of amides is 1. The van der Waals surface area contributed by atoms with Gasteiger partial charge in [-0.1, -0.05) is 41.1 Å². The van der Waals surface area contributed by atoms with E-state index >= 15 is 0 Å². The van der Waals surface area contributed by atoms with E-state index in [0.29, 0.717) is 29.4 Å². The molecule has 3 rings (SSSR count). The Kier molecular flexibility index (Phi) is 5.22. The first kappa shape index (κ1) is 17.5. The fourth-order valence-electron chi connectivity index (χ4n) is 2.58. The third kappa shape index (κ3) is 3.69. The normalized spacial score (nSPS) is 10.4. The Morgan fingerprint density at radius 1 is 1.08 bits per heavy atom. The van der Waals surface area contributed by atoms with Crippen molar-refractivity contribution in [1.82, 2.24) is 10.5 Å². The Labute approximate surface area is 151 Å². The Balaban J connectivity index is 1.74. The van der Waals surface area contributed by atoms with Crippen molar-refractivity contribution in [3.63, 3.8) is 0 Å². The van der Waals surface area contributed by atoms with Crippen molar-refractivity contribution in [3.8, 4) is 22.8 Å². The van der Waals surface area contributed by atoms with E-state index in [9.17, 15) is 4.79 Å². The van der Waals surface area contributed by atoms with Crippen LogP contribution in [0, 0.1) is 6.92 Å². The smallest absolute Gasteiger partial charge is 0.257 e. The van der Waals surface area contributed by atoms with E-state index in [0.717, 1.165) is 16.7 Å². The molecule has 0 aliphatic heterocycles. The molecule has 0 fully saturated rings. The maximum absolute atomic E-state index is 12.6. The molecule has 1 N–H and O–H groups in total. The van der Waals surface area contributed by atoms with Crippen LogP contribution < -0.4 is 14.8 Å². The molecular formula is C20H20N2O4. The minimum Gasteiger partial charge on any atom is -0.493 e. The SMILES string of the molecule is COc1ccc(CNC(=O)c2cnoc2-c2ccc(C)cc2)cc1OC. The molecule has 0 unspecified atom stereocenters. The Morgan fingerprint density at radius 2 is 1.81 bits per heavy atom. The lowest BCUT2D eigenvalue weighted by molar-refractivity contribution is 0.0951. The van der Waals surface area contributed by atoms with Crippen molar-refractivity contribution in [1.29, 1.82) is 0 Å². The van der Waals surface area contributed by atoms with Gasteiger partial charge in [-0.3, -0.25) is 4.79 Å². The first-order valence-corrected chi connectivity index (χ1v) is 8.13. The van der Waals surface area contributed by atoms with Crippen LogP contribution in [0.1, 0.15) is 21.5 Å². The zero-order valence-corrected chi connectivity index (χ0v) is 14.9. The van der Waals surface area contributed by atoms with Crippen molar-refractivity contribution >= 4 is 5.91 Å². The number of aryl methyl sites for hydroxylation is 1. The highest BCUT2D eigenvalue weighted by atomic mass is 16.5. The van der Waals surface area contributed by atoms with E-state index in [1.54, 1.807) is 20.3 Å². The van der Waals surface area contributed by atoms with Crippen molar-refractivity contribution in [3.05, 3.63) is 65.4 Å². The number of benzene rings is 2. The van der Waals surface area contributed by atoms with Gasteiger partial charge < -0.3 is 19.3 Å². The van der Waals surface area contributed by atoms with Gasteiger partial charge in [0.1, 0.15) is 5.56 Å². The van der Waals surface area contributed by atoms with Crippen LogP contribution in [-0.2, 0) is 6.54 Å². The molecule has 0 radical (unpaired) electrons. The number of ether oxygens (including phenoxy) is 2. The van der Waals surface area contributed by atoms with Gasteiger partial charge in [0.2, 0.25) is 0 Å². The predicted octanol–water partition coefficient (Wildman–Crippen LogP) is 3.60. The molecule has 3 aromatic rings. The average molecular weight is 352 g/mol. The van der Waals surface area contributed by atoms with E-state index in [1.807, 2.05) is 43.3 Å². The van der Waals surface area contributed by atoms with Crippen LogP contribution in [0.5, 0.6) is 11.5 Å². The van der Waals surface area contributed by atoms with Gasteiger partial charge in [-0.25, -0.2) is 0 Å². The minimum atomic E-state index is -0.253. The Morgan fingerprint density at radius 3 is 2.50 bits per heavy atom. The molecule has 6 heteroatoms. The summed E-state index contributed by atoms with van der Waals surface area (Å²) in [4.78, 5) is 12.6. The van der Waals surface area contributed by atoms with E-state index in [1.165, 1.54) is 6.20 Å². The fraction of sp³-hybridized carbons (Fsp3) is 0.200. The molecule has 26 heavy (non-hydrogen) atoms. The number of aromatic nitrogens is 1. The van der Waals surface area contributed by atoms with Crippen LogP contribution in [0.4, 0.5) is 0 Å². The van der Waals surface area contributed by atoms with Crippen molar-refractivity contribution in [2.24, 2.45) is 0 Å². The second-order valence-electron chi connectivity index (χ2n) is 5.81. The molecule has 0 saturated heterocycles. The zero-order chi connectivity index (χ0) is 18.5. The largest absolute Gasteiger partial charge is 0.493 e. The lowest BCUT2D eigenvalue weighted by Gasteiger charge is -2.10. The molecule has 0 saturated carbocycles. The van der Waals surface area contributed by atoms with Crippen molar-refractivity contribution < 1.29 is 18.8 Å². The highest BCUT2D eigenvalue weighted by Crippen LogP contribution is 2.28. The van der Waals surface area contributed by atoms with Crippen LogP contribution >= 0.6 is 0 Å². The number of methoxy groups -OCH3 is 2. The minimum absolute atomic E-state index is 0.253. The molecule has 0 spiro atoms. The zero-order valence-electron chi connectivity index (χ0n) is 14.9. The predicted molar refractivity (Wildman–Crippen MR) is 97.4 cm³/mol. The number of nitrogens with zero attached hydrogens (tertiary/aromatic N) is 1. The molecule has 0 aliphatic rings. The van der Waals surface area contributed by atoms with Crippen LogP contribution in [0.15, 0.2) is 53.2 Å². The van der Waals surface area contributed by atoms with Gasteiger partial charge in [-0.05, 0) is 24.6 Å². The van der Waals surface area contributed by atoms with Crippen LogP contribution in [0.25, 0.3) is 11.3 Å². The quantitative estimate of drug-likeness (QED) is 0.734. The highest BCUT2D eigenvalue weighted by molar-refractivity contribution is 5.99. The topological polar surface area (TPSA) is 73.6 Å². The van der Waals surface area contributed by atoms with E-state index in [-0.39, 0.29) is 5.91 Å². The van der Waals surface area contributed by atoms with Gasteiger partial charge in [-0.15, -0.1) is 0 Å². The molecule has 6 nitrogen and oxygen atoms in total. The van der Waals surface area contributed by atoms with E-state index in [2.05, 4.69) is 10.5 Å². The summed E-state index contributed by atoms with van der Waals surface area (Å²) >= 11 is 0. The van der Waals surface area contributed by atoms with Gasteiger partial charge in [-0.2, -0.15) is 0 Å². The fourth-order valence-corrected chi connectivity index (χ4v) is 2.58. The van der Waals surface area contributed by atoms with Crippen LogP contribution in [0.2, 0.25) is 0 Å². The Hall–Kier alpha value is -3.28. The summed E-state index contributed by atoms with van der Waals surface area (Å²) in [5.74, 6) is 1.46. The number of carbonyl (C=O) groups is 1. The number of hydrogen-bond acceptors (Lipinski definition) is 5. The van der Waals surface area contributed by atoms with E-state index < -0.39 is 0 Å². The second kappa shape index (κ2) is 7.74. The molecule has 1 amide bonds. The summed E-state index contributed by atoms with van der Waals surface area (Å²) in [6.45, 7) is 2.35. The first-order valence-electron chi connectivity index (χ1n) is 8.13. The lowest BCUT2D eigenvalue weighted by Crippen LogP contribution is -2.22. The van der Waals surface area contributed by atoms with Gasteiger partial charge in [0.25, 0.3) is 5.91 Å². The van der Waals surface area contributed by atoms with Gasteiger partial charge in [0, 0.05) is 12.1 Å². The molecule has 0 aliphatic carbocycles. The standard InChI is InChI=1S/C20H20N2O4/c1-13-4-7-15(8-5-13)19-16(12-22-26-19)20(23)21-11-14-6-9-17(24-2)18(10-14)25-3/h4-10,12H,11H2,1-3H3,(H,21,23). The maximum atomic E-state index is 12.6. The first-order chi connectivity index (χ1) is 12.6. The summed E-state index contributed by atoms with van der Waals surface area (Å²) in [6, 6.07) is 13.2. The Bertz CT molecular complexity index is 900. The van der Waals surface area contributed by atoms with Gasteiger partial charge in [0.05, 0.1) is 20.4 Å². The molecular weight excluding hydrogens is 332 g/mol. The second-order valence-corrected chi connectivity index (χ2v) is 5.81. The summed E-state index contributed by atoms with van der Waals surface area (Å²) in [6.07, 6.45) is 1.43. The number of rotatable bonds is 6. The molecule has 0 atom stereocenters. The molecule has 1 aromatic heterocycles. The van der Waals surface area contributed by atoms with Crippen molar-refractivity contribution in [2.75, 3.05) is 14.2 Å². The number of hydrogen-bond donors (Lipinski definition) is 1. The summed E-state index contributed by atoms with van der Waals surface area (Å²) in [7, 11) is 3.16. The molecule has 0 bridgehead atoms. The third-order valence-electron chi connectivity index (χ3n) is 4.03. The van der Waals surface area contributed by atoms with E-state index in [4.69, 9.17) is 14.0 Å². The summed E-state index contributed by atoms with van der Waals surface area (Å²) in [5, 5.41) is 6.65. The lowest BCUT2D eigenvalue weighted by atomic mass is 10.1. The third-order valence-corrected chi connectivity index (χ3v) is 4.03. The molecule has 134 valence electrons. The van der Waals surface area contributed by atoms with Crippen LogP contribution in [0.3, 0.4) is 0 Å². The van der Waals surface area contributed by atoms with Crippen LogP contribution in [-0.4, -0.2) is 25.3 Å². The maximum Gasteiger partial charge on any atom is 0.257 e. The molecule has 2 aromatic carbocycles. The number of nitrogens with one attached hydrogen (secondary N) is 1. The number of carbonyl (C=O) groups excluding carboxylic acids is 1. The van der Waals surface area contributed by atoms with Gasteiger partial charge in [0.15, 0.2) is 17.3 Å². The average Bonchev–Trinajstić information content (AvgIpc) is 3.16. The van der Waals surface area contributed by atoms with Crippen molar-refractivity contribution in [2.45, 2.75) is 13.5 Å². The summed E-state index contributed by atoms with van der Waals surface area (Å²) < 4.78 is 15.8. The monoisotopic (exact) mass is 352 g/mol. The summed E-state index contributed by atoms with van der Waals surface area (Å²) in [5.41, 5.74) is 3.23. The van der Waals surface area contributed by atoms with Gasteiger partial charge >= 0.3 is 0 Å². The molecule has 1 heterocycles.